The molecule has 4 rings (SSSR count). The molecule has 0 fully saturated rings. The maximum absolute atomic E-state index is 13.1. The zero-order valence-electron chi connectivity index (χ0n) is 18.4. The summed E-state index contributed by atoms with van der Waals surface area (Å²) < 4.78 is 45.3. The van der Waals surface area contributed by atoms with Crippen LogP contribution >= 0.6 is 23.4 Å². The van der Waals surface area contributed by atoms with Gasteiger partial charge in [-0.25, -0.2) is 9.98 Å². The Morgan fingerprint density at radius 1 is 1.14 bits per heavy atom. The maximum atomic E-state index is 13.1. The monoisotopic (exact) mass is 518 g/mol. The Morgan fingerprint density at radius 2 is 1.94 bits per heavy atom. The van der Waals surface area contributed by atoms with E-state index in [-0.39, 0.29) is 36.4 Å². The fraction of sp³-hybridized carbons (Fsp3) is 0.200. The molecule has 0 atom stereocenters. The van der Waals surface area contributed by atoms with E-state index < -0.39 is 16.8 Å². The molecule has 180 valence electrons. The molecule has 1 aromatic heterocycles. The second-order valence-electron chi connectivity index (χ2n) is 7.79. The maximum Gasteiger partial charge on any atom is 0.417 e. The minimum absolute atomic E-state index is 0.0499. The number of carbonyl (C=O) groups excluding carboxylic acids is 2. The van der Waals surface area contributed by atoms with Gasteiger partial charge in [0.25, 0.3) is 0 Å². The lowest BCUT2D eigenvalue weighted by Crippen LogP contribution is -2.11. The summed E-state index contributed by atoms with van der Waals surface area (Å²) in [7, 11) is 0. The van der Waals surface area contributed by atoms with Crippen molar-refractivity contribution < 1.29 is 27.5 Å². The van der Waals surface area contributed by atoms with Crippen LogP contribution in [0.3, 0.4) is 0 Å². The van der Waals surface area contributed by atoms with Crippen molar-refractivity contribution in [3.8, 4) is 11.5 Å². The number of ether oxygens (including phenoxy) is 1. The smallest absolute Gasteiger partial charge is 0.417 e. The molecule has 0 amide bonds. The molecule has 0 bridgehead atoms. The molecule has 5 nitrogen and oxygen atoms in total. The van der Waals surface area contributed by atoms with Crippen LogP contribution in [0.5, 0.6) is 11.5 Å². The number of alkyl halides is 3. The summed E-state index contributed by atoms with van der Waals surface area (Å²) in [6, 6.07) is 10.4. The zero-order chi connectivity index (χ0) is 25.2. The highest BCUT2D eigenvalue weighted by molar-refractivity contribution is 7.98. The highest BCUT2D eigenvalue weighted by Gasteiger charge is 2.33. The second-order valence-corrected chi connectivity index (χ2v) is 9.05. The molecule has 1 aliphatic heterocycles. The van der Waals surface area contributed by atoms with Gasteiger partial charge in [-0.15, -0.1) is 11.8 Å². The average Bonchev–Trinajstić information content (AvgIpc) is 2.81. The van der Waals surface area contributed by atoms with E-state index in [0.717, 1.165) is 22.6 Å². The summed E-state index contributed by atoms with van der Waals surface area (Å²) in [6.45, 7) is 0. The van der Waals surface area contributed by atoms with E-state index in [4.69, 9.17) is 16.3 Å². The molecule has 0 spiro atoms. The van der Waals surface area contributed by atoms with Gasteiger partial charge in [0.1, 0.15) is 17.3 Å². The topological polar surface area (TPSA) is 68.6 Å². The average molecular weight is 519 g/mol. The number of pyridine rings is 1. The Kier molecular flexibility index (Phi) is 7.28. The number of aliphatic imine (C=N–C) groups is 1. The molecule has 0 saturated heterocycles. The van der Waals surface area contributed by atoms with Crippen LogP contribution in [0.2, 0.25) is 5.02 Å². The fourth-order valence-electron chi connectivity index (χ4n) is 3.65. The number of hydrogen-bond acceptors (Lipinski definition) is 6. The first kappa shape index (κ1) is 24.9. The van der Waals surface area contributed by atoms with Crippen LogP contribution in [0.4, 0.5) is 19.0 Å². The summed E-state index contributed by atoms with van der Waals surface area (Å²) in [5, 5.41) is -0.402. The standard InChI is InChI=1S/C25H18ClF3N2O3S/c1-35-23-12-18(34-22-6-7-30-24-19(22)11-17(33)13-31-24)4-3-15(23)10-16(32)8-14-2-5-21(26)20(9-14)25(27,28)29/h2-7,9,12-13H,8,10-11H2,1H3. The van der Waals surface area contributed by atoms with Gasteiger partial charge in [0.05, 0.1) is 16.8 Å². The highest BCUT2D eigenvalue weighted by atomic mass is 35.5. The van der Waals surface area contributed by atoms with E-state index in [2.05, 4.69) is 9.98 Å². The van der Waals surface area contributed by atoms with Crippen LogP contribution < -0.4 is 4.74 Å². The summed E-state index contributed by atoms with van der Waals surface area (Å²) in [4.78, 5) is 33.4. The van der Waals surface area contributed by atoms with E-state index in [0.29, 0.717) is 22.9 Å². The fourth-order valence-corrected chi connectivity index (χ4v) is 4.52. The molecule has 35 heavy (non-hydrogen) atoms. The lowest BCUT2D eigenvalue weighted by molar-refractivity contribution is -0.137. The van der Waals surface area contributed by atoms with E-state index >= 15 is 0 Å². The molecule has 3 aromatic rings. The predicted octanol–water partition coefficient (Wildman–Crippen LogP) is 6.45. The van der Waals surface area contributed by atoms with Gasteiger partial charge in [-0.2, -0.15) is 13.2 Å². The van der Waals surface area contributed by atoms with Gasteiger partial charge in [-0.05, 0) is 47.7 Å². The second kappa shape index (κ2) is 10.2. The molecule has 0 unspecified atom stereocenters. The molecule has 10 heteroatoms. The predicted molar refractivity (Wildman–Crippen MR) is 128 cm³/mol. The minimum Gasteiger partial charge on any atom is -0.457 e. The summed E-state index contributed by atoms with van der Waals surface area (Å²) >= 11 is 7.08. The number of aromatic nitrogens is 1. The van der Waals surface area contributed by atoms with Crippen molar-refractivity contribution in [1.29, 1.82) is 0 Å². The van der Waals surface area contributed by atoms with Crippen molar-refractivity contribution in [1.82, 2.24) is 4.98 Å². The number of rotatable bonds is 7. The van der Waals surface area contributed by atoms with Gasteiger partial charge in [0.15, 0.2) is 11.6 Å². The molecule has 2 heterocycles. The normalized spacial score (nSPS) is 13.0. The third kappa shape index (κ3) is 5.91. The number of hydrogen-bond donors (Lipinski definition) is 0. The first-order valence-electron chi connectivity index (χ1n) is 10.4. The lowest BCUT2D eigenvalue weighted by atomic mass is 10.0. The van der Waals surface area contributed by atoms with Crippen molar-refractivity contribution in [2.24, 2.45) is 4.99 Å². The van der Waals surface area contributed by atoms with Gasteiger partial charge in [-0.1, -0.05) is 23.7 Å². The molecule has 0 aliphatic carbocycles. The van der Waals surface area contributed by atoms with Crippen LogP contribution in [-0.4, -0.2) is 29.0 Å². The summed E-state index contributed by atoms with van der Waals surface area (Å²) in [5.74, 6) is 1.04. The Labute approximate surface area is 208 Å². The first-order valence-corrected chi connectivity index (χ1v) is 12.0. The van der Waals surface area contributed by atoms with Crippen molar-refractivity contribution in [3.63, 3.8) is 0 Å². The van der Waals surface area contributed by atoms with Crippen LogP contribution in [0.25, 0.3) is 0 Å². The molecular formula is C25H18ClF3N2O3S. The molecule has 0 radical (unpaired) electrons. The van der Waals surface area contributed by atoms with Gasteiger partial charge in [0, 0.05) is 35.9 Å². The van der Waals surface area contributed by atoms with Gasteiger partial charge < -0.3 is 4.74 Å². The van der Waals surface area contributed by atoms with Crippen LogP contribution in [-0.2, 0) is 35.0 Å². The van der Waals surface area contributed by atoms with Gasteiger partial charge in [0.2, 0.25) is 0 Å². The number of ketones is 2. The largest absolute Gasteiger partial charge is 0.457 e. The summed E-state index contributed by atoms with van der Waals surface area (Å²) in [6.07, 6.45) is 0.0911. The van der Waals surface area contributed by atoms with Crippen LogP contribution in [0.15, 0.2) is 58.5 Å². The van der Waals surface area contributed by atoms with E-state index in [1.165, 1.54) is 24.0 Å². The van der Waals surface area contributed by atoms with Crippen molar-refractivity contribution in [3.05, 3.63) is 75.9 Å². The van der Waals surface area contributed by atoms with Crippen molar-refractivity contribution >= 4 is 47.0 Å². The Balaban J connectivity index is 1.50. The van der Waals surface area contributed by atoms with Crippen molar-refractivity contribution in [2.45, 2.75) is 30.3 Å². The molecule has 0 N–H and O–H groups in total. The Bertz CT molecular complexity index is 1340. The van der Waals surface area contributed by atoms with Crippen molar-refractivity contribution in [2.75, 3.05) is 6.26 Å². The number of halogens is 4. The van der Waals surface area contributed by atoms with E-state index in [1.807, 2.05) is 6.26 Å². The number of nitrogens with zero attached hydrogens (tertiary/aromatic N) is 2. The number of fused-ring (bicyclic) bond motifs is 1. The van der Waals surface area contributed by atoms with E-state index in [9.17, 15) is 22.8 Å². The number of thioether (sulfide) groups is 1. The Hall–Kier alpha value is -3.17. The highest BCUT2D eigenvalue weighted by Crippen LogP contribution is 2.36. The first-order chi connectivity index (χ1) is 16.6. The lowest BCUT2D eigenvalue weighted by Gasteiger charge is -2.15. The minimum atomic E-state index is -4.59. The quantitative estimate of drug-likeness (QED) is 0.336. The van der Waals surface area contributed by atoms with Crippen LogP contribution in [0, 0.1) is 0 Å². The summed E-state index contributed by atoms with van der Waals surface area (Å²) in [5.41, 5.74) is 0.626. The molecule has 2 aromatic carbocycles. The number of Topliss-reactive ketones (excluding diaryl/α,β-unsaturated/α-hetero) is 2. The Morgan fingerprint density at radius 3 is 2.69 bits per heavy atom. The third-order valence-corrected chi connectivity index (χ3v) is 6.43. The number of benzene rings is 2. The van der Waals surface area contributed by atoms with Gasteiger partial charge >= 0.3 is 6.18 Å². The number of carbonyl (C=O) groups is 2. The van der Waals surface area contributed by atoms with Crippen LogP contribution in [0.1, 0.15) is 22.3 Å². The third-order valence-electron chi connectivity index (χ3n) is 5.28. The zero-order valence-corrected chi connectivity index (χ0v) is 19.9. The van der Waals surface area contributed by atoms with Gasteiger partial charge in [-0.3, -0.25) is 9.59 Å². The molecular weight excluding hydrogens is 501 g/mol. The molecule has 0 saturated carbocycles. The molecule has 1 aliphatic rings. The van der Waals surface area contributed by atoms with E-state index in [1.54, 1.807) is 30.5 Å². The SMILES string of the molecule is CSc1cc(Oc2ccnc3c2CC(=O)C=N3)ccc1CC(=O)Cc1ccc(Cl)c(C(F)(F)F)c1.